The lowest BCUT2D eigenvalue weighted by atomic mass is 9.91. The van der Waals surface area contributed by atoms with Gasteiger partial charge < -0.3 is 14.9 Å². The normalized spacial score (nSPS) is 20.1. The van der Waals surface area contributed by atoms with Crippen LogP contribution in [0.25, 0.3) is 0 Å². The molecule has 3 atom stereocenters. The zero-order chi connectivity index (χ0) is 22.9. The summed E-state index contributed by atoms with van der Waals surface area (Å²) in [7, 11) is 0. The summed E-state index contributed by atoms with van der Waals surface area (Å²) in [4.78, 5) is 22.5. The van der Waals surface area contributed by atoms with Crippen LogP contribution >= 0.6 is 0 Å². The number of ketones is 1. The lowest BCUT2D eigenvalue weighted by molar-refractivity contribution is -0.138. The van der Waals surface area contributed by atoms with Crippen LogP contribution in [0.5, 0.6) is 5.75 Å². The van der Waals surface area contributed by atoms with E-state index in [1.165, 1.54) is 24.3 Å². The first kappa shape index (κ1) is 24.4. The number of aliphatic hydroxyl groups is 1. The molecule has 168 valence electrons. The van der Waals surface area contributed by atoms with Crippen molar-refractivity contribution in [2.45, 2.75) is 38.0 Å². The van der Waals surface area contributed by atoms with Crippen molar-refractivity contribution >= 4 is 11.8 Å². The summed E-state index contributed by atoms with van der Waals surface area (Å²) in [6, 6.07) is 4.39. The summed E-state index contributed by atoms with van der Waals surface area (Å²) in [6.45, 7) is -0.250. The minimum atomic E-state index is -4.48. The Morgan fingerprint density at radius 1 is 1.26 bits per heavy atom. The summed E-state index contributed by atoms with van der Waals surface area (Å²) in [6.07, 6.45) is 6.41. The second-order valence-corrected chi connectivity index (χ2v) is 7.23. The smallest absolute Gasteiger partial charge is 0.416 e. The summed E-state index contributed by atoms with van der Waals surface area (Å²) in [5.41, 5.74) is -0.837. The maximum Gasteiger partial charge on any atom is 0.416 e. The summed E-state index contributed by atoms with van der Waals surface area (Å²) in [5.74, 6) is -1.44. The Hall–Kier alpha value is -2.87. The fourth-order valence-electron chi connectivity index (χ4n) is 3.11. The van der Waals surface area contributed by atoms with Crippen LogP contribution in [0.1, 0.15) is 31.2 Å². The first-order valence-corrected chi connectivity index (χ1v) is 9.92. The molecule has 1 aromatic rings. The van der Waals surface area contributed by atoms with Gasteiger partial charge in [0.2, 0.25) is 0 Å². The van der Waals surface area contributed by atoms with E-state index >= 15 is 0 Å². The highest BCUT2D eigenvalue weighted by molar-refractivity contribution is 5.95. The van der Waals surface area contributed by atoms with E-state index < -0.39 is 29.7 Å². The molecule has 0 fully saturated rings. The molecule has 0 saturated carbocycles. The molecule has 1 aliphatic carbocycles. The molecule has 8 heteroatoms. The quantitative estimate of drug-likeness (QED) is 0.391. The van der Waals surface area contributed by atoms with E-state index in [-0.39, 0.29) is 30.5 Å². The van der Waals surface area contributed by atoms with Crippen molar-refractivity contribution < 1.29 is 37.7 Å². The van der Waals surface area contributed by atoms with Crippen molar-refractivity contribution in [2.24, 2.45) is 11.8 Å². The van der Waals surface area contributed by atoms with E-state index in [1.54, 1.807) is 12.2 Å². The molecule has 0 heterocycles. The number of hydrogen-bond donors (Lipinski definition) is 2. The van der Waals surface area contributed by atoms with Gasteiger partial charge in [-0.2, -0.15) is 13.2 Å². The molecule has 2 N–H and O–H groups in total. The van der Waals surface area contributed by atoms with Crippen molar-refractivity contribution in [3.63, 3.8) is 0 Å². The number of allylic oxidation sites excluding steroid dienone is 5. The average Bonchev–Trinajstić information content (AvgIpc) is 3.06. The first-order valence-electron chi connectivity index (χ1n) is 9.92. The SMILES string of the molecule is O=C(O)CCCC=CC[C@H]1C=CC(=O)[C@@H]1C=C[C@@H](O)COc1cccc(C(F)(F)F)c1. The molecule has 1 aliphatic rings. The number of halogens is 3. The topological polar surface area (TPSA) is 83.8 Å². The van der Waals surface area contributed by atoms with Crippen molar-refractivity contribution in [2.75, 3.05) is 6.61 Å². The molecule has 2 rings (SSSR count). The number of carbonyl (C=O) groups is 2. The van der Waals surface area contributed by atoms with Gasteiger partial charge in [0.05, 0.1) is 5.56 Å². The Balaban J connectivity index is 1.83. The third-order valence-corrected chi connectivity index (χ3v) is 4.76. The molecule has 31 heavy (non-hydrogen) atoms. The number of benzene rings is 1. The van der Waals surface area contributed by atoms with Gasteiger partial charge in [0.25, 0.3) is 0 Å². The predicted octanol–water partition coefficient (Wildman–Crippen LogP) is 4.57. The average molecular weight is 438 g/mol. The Kier molecular flexibility index (Phi) is 9.05. The van der Waals surface area contributed by atoms with Gasteiger partial charge in [0, 0.05) is 12.3 Å². The minimum absolute atomic E-state index is 0.00760. The van der Waals surface area contributed by atoms with Gasteiger partial charge in [-0.05, 0) is 49.5 Å². The molecule has 1 aromatic carbocycles. The lowest BCUT2D eigenvalue weighted by Crippen LogP contribution is -2.18. The van der Waals surface area contributed by atoms with Crippen LogP contribution < -0.4 is 4.74 Å². The Morgan fingerprint density at radius 3 is 2.74 bits per heavy atom. The lowest BCUT2D eigenvalue weighted by Gasteiger charge is -2.14. The fourth-order valence-corrected chi connectivity index (χ4v) is 3.11. The molecule has 0 saturated heterocycles. The summed E-state index contributed by atoms with van der Waals surface area (Å²) in [5, 5.41) is 18.7. The van der Waals surface area contributed by atoms with E-state index in [4.69, 9.17) is 9.84 Å². The van der Waals surface area contributed by atoms with Crippen molar-refractivity contribution in [3.05, 3.63) is 66.3 Å². The summed E-state index contributed by atoms with van der Waals surface area (Å²) < 4.78 is 43.4. The highest BCUT2D eigenvalue weighted by Gasteiger charge is 2.30. The number of unbranched alkanes of at least 4 members (excludes halogenated alkanes) is 1. The molecule has 0 amide bonds. The Labute approximate surface area is 178 Å². The predicted molar refractivity (Wildman–Crippen MR) is 108 cm³/mol. The van der Waals surface area contributed by atoms with Crippen LogP contribution in [0.15, 0.2) is 60.7 Å². The summed E-state index contributed by atoms with van der Waals surface area (Å²) >= 11 is 0. The van der Waals surface area contributed by atoms with Gasteiger partial charge >= 0.3 is 12.1 Å². The van der Waals surface area contributed by atoms with Crippen molar-refractivity contribution in [3.8, 4) is 5.75 Å². The van der Waals surface area contributed by atoms with E-state index in [0.717, 1.165) is 12.1 Å². The number of aliphatic hydroxyl groups excluding tert-OH is 1. The third-order valence-electron chi connectivity index (χ3n) is 4.76. The second kappa shape index (κ2) is 11.5. The molecule has 0 unspecified atom stereocenters. The molecule has 0 bridgehead atoms. The highest BCUT2D eigenvalue weighted by atomic mass is 19.4. The molecule has 0 radical (unpaired) electrons. The van der Waals surface area contributed by atoms with E-state index in [1.807, 2.05) is 12.2 Å². The van der Waals surface area contributed by atoms with Crippen LogP contribution in [-0.4, -0.2) is 34.7 Å². The Bertz CT molecular complexity index is 842. The Morgan fingerprint density at radius 2 is 2.03 bits per heavy atom. The number of ether oxygens (including phenoxy) is 1. The molecule has 5 nitrogen and oxygen atoms in total. The van der Waals surface area contributed by atoms with Crippen molar-refractivity contribution in [1.29, 1.82) is 0 Å². The zero-order valence-corrected chi connectivity index (χ0v) is 16.8. The number of carboxylic acids is 1. The second-order valence-electron chi connectivity index (χ2n) is 7.23. The largest absolute Gasteiger partial charge is 0.491 e. The maximum absolute atomic E-state index is 12.7. The van der Waals surface area contributed by atoms with Gasteiger partial charge in [-0.3, -0.25) is 9.59 Å². The monoisotopic (exact) mass is 438 g/mol. The molecule has 0 aromatic heterocycles. The van der Waals surface area contributed by atoms with E-state index in [0.29, 0.717) is 19.3 Å². The number of aliphatic carboxylic acids is 1. The van der Waals surface area contributed by atoms with Crippen LogP contribution in [0.2, 0.25) is 0 Å². The molecular formula is C23H25F3O5. The maximum atomic E-state index is 12.7. The van der Waals surface area contributed by atoms with Gasteiger partial charge in [-0.25, -0.2) is 0 Å². The van der Waals surface area contributed by atoms with Gasteiger partial charge in [-0.15, -0.1) is 0 Å². The van der Waals surface area contributed by atoms with Crippen LogP contribution in [-0.2, 0) is 15.8 Å². The third kappa shape index (κ3) is 8.41. The highest BCUT2D eigenvalue weighted by Crippen LogP contribution is 2.31. The van der Waals surface area contributed by atoms with E-state index in [9.17, 15) is 27.9 Å². The standard InChI is InChI=1S/C23H25F3O5/c24-23(25,26)17-7-5-8-19(14-17)31-15-18(27)11-12-20-16(10-13-21(20)28)6-3-1-2-4-9-22(29)30/h1,3,5,7-8,10-14,16,18,20,27H,2,4,6,9,15H2,(H,29,30)/t16-,18+,20+/m0/s1. The van der Waals surface area contributed by atoms with Crippen LogP contribution in [0, 0.1) is 11.8 Å². The number of hydrogen-bond acceptors (Lipinski definition) is 4. The minimum Gasteiger partial charge on any atom is -0.491 e. The molecule has 0 aliphatic heterocycles. The fraction of sp³-hybridized carbons (Fsp3) is 0.391. The number of rotatable bonds is 11. The van der Waals surface area contributed by atoms with Gasteiger partial charge in [0.1, 0.15) is 18.5 Å². The number of alkyl halides is 3. The number of carbonyl (C=O) groups excluding carboxylic acids is 1. The van der Waals surface area contributed by atoms with E-state index in [2.05, 4.69) is 0 Å². The number of carboxylic acid groups (broad SMARTS) is 1. The van der Waals surface area contributed by atoms with Crippen LogP contribution in [0.4, 0.5) is 13.2 Å². The first-order chi connectivity index (χ1) is 14.7. The van der Waals surface area contributed by atoms with Gasteiger partial charge in [0.15, 0.2) is 5.78 Å². The molecule has 0 spiro atoms. The molecular weight excluding hydrogens is 413 g/mol. The van der Waals surface area contributed by atoms with Crippen molar-refractivity contribution in [1.82, 2.24) is 0 Å². The zero-order valence-electron chi connectivity index (χ0n) is 16.8. The van der Waals surface area contributed by atoms with Gasteiger partial charge in [-0.1, -0.05) is 36.4 Å². The van der Waals surface area contributed by atoms with Crippen LogP contribution in [0.3, 0.4) is 0 Å².